The number of amides is 1. The van der Waals surface area contributed by atoms with Crippen molar-refractivity contribution in [3.8, 4) is 6.07 Å². The molecule has 5 nitrogen and oxygen atoms in total. The van der Waals surface area contributed by atoms with Crippen LogP contribution in [-0.2, 0) is 11.2 Å². The fourth-order valence-electron chi connectivity index (χ4n) is 1.89. The standard InChI is InChI=1S/C12H14N4O/c13-4-3-9-7-10(1-2-11(9)14)16-6-5-15-12(17)8-16/h1-2,7H,3,5-6,8,14H2,(H,15,17). The molecule has 17 heavy (non-hydrogen) atoms. The Hall–Kier alpha value is -2.22. The van der Waals surface area contributed by atoms with Crippen LogP contribution in [0, 0.1) is 11.3 Å². The molecule has 1 heterocycles. The molecule has 0 saturated carbocycles. The van der Waals surface area contributed by atoms with E-state index < -0.39 is 0 Å². The predicted octanol–water partition coefficient (Wildman–Crippen LogP) is 0.271. The topological polar surface area (TPSA) is 82.2 Å². The fraction of sp³-hybridized carbons (Fsp3) is 0.333. The maximum atomic E-state index is 11.3. The van der Waals surface area contributed by atoms with E-state index in [4.69, 9.17) is 11.0 Å². The van der Waals surface area contributed by atoms with Crippen LogP contribution in [-0.4, -0.2) is 25.5 Å². The molecule has 88 valence electrons. The Bertz CT molecular complexity index is 478. The Balaban J connectivity index is 2.23. The average molecular weight is 230 g/mol. The molecule has 5 heteroatoms. The highest BCUT2D eigenvalue weighted by Gasteiger charge is 2.16. The monoisotopic (exact) mass is 230 g/mol. The molecule has 1 fully saturated rings. The van der Waals surface area contributed by atoms with Crippen LogP contribution in [0.15, 0.2) is 18.2 Å². The lowest BCUT2D eigenvalue weighted by molar-refractivity contribution is -0.120. The number of rotatable bonds is 2. The van der Waals surface area contributed by atoms with Gasteiger partial charge in [-0.3, -0.25) is 4.79 Å². The number of piperazine rings is 1. The van der Waals surface area contributed by atoms with Gasteiger partial charge in [-0.05, 0) is 23.8 Å². The van der Waals surface area contributed by atoms with Crippen molar-refractivity contribution in [2.75, 3.05) is 30.3 Å². The van der Waals surface area contributed by atoms with E-state index in [1.165, 1.54) is 0 Å². The van der Waals surface area contributed by atoms with E-state index in [0.717, 1.165) is 17.8 Å². The third kappa shape index (κ3) is 2.48. The van der Waals surface area contributed by atoms with Crippen molar-refractivity contribution in [1.82, 2.24) is 5.32 Å². The first kappa shape index (κ1) is 11.3. The number of benzene rings is 1. The van der Waals surface area contributed by atoms with Crippen LogP contribution in [0.2, 0.25) is 0 Å². The van der Waals surface area contributed by atoms with E-state index >= 15 is 0 Å². The van der Waals surface area contributed by atoms with Gasteiger partial charge >= 0.3 is 0 Å². The lowest BCUT2D eigenvalue weighted by Crippen LogP contribution is -2.47. The maximum absolute atomic E-state index is 11.3. The molecule has 0 aromatic heterocycles. The third-order valence-electron chi connectivity index (χ3n) is 2.80. The minimum atomic E-state index is 0.0231. The molecule has 3 N–H and O–H groups in total. The number of anilines is 2. The Kier molecular flexibility index (Phi) is 3.15. The van der Waals surface area contributed by atoms with E-state index in [-0.39, 0.29) is 5.91 Å². The van der Waals surface area contributed by atoms with Gasteiger partial charge in [0, 0.05) is 24.5 Å². The molecule has 0 spiro atoms. The largest absolute Gasteiger partial charge is 0.398 e. The number of hydrogen-bond donors (Lipinski definition) is 2. The minimum absolute atomic E-state index is 0.0231. The molecule has 1 amide bonds. The van der Waals surface area contributed by atoms with Crippen molar-refractivity contribution >= 4 is 17.3 Å². The summed E-state index contributed by atoms with van der Waals surface area (Å²) in [5.74, 6) is 0.0231. The molecule has 1 aliphatic heterocycles. The molecular formula is C12H14N4O. The van der Waals surface area contributed by atoms with E-state index in [0.29, 0.717) is 25.2 Å². The predicted molar refractivity (Wildman–Crippen MR) is 65.4 cm³/mol. The van der Waals surface area contributed by atoms with Crippen LogP contribution < -0.4 is 16.0 Å². The van der Waals surface area contributed by atoms with Gasteiger partial charge in [0.25, 0.3) is 0 Å². The van der Waals surface area contributed by atoms with Crippen LogP contribution in [0.25, 0.3) is 0 Å². The van der Waals surface area contributed by atoms with Crippen molar-refractivity contribution in [2.45, 2.75) is 6.42 Å². The van der Waals surface area contributed by atoms with Gasteiger partial charge in [-0.25, -0.2) is 0 Å². The first-order valence-corrected chi connectivity index (χ1v) is 5.47. The third-order valence-corrected chi connectivity index (χ3v) is 2.80. The van der Waals surface area contributed by atoms with Gasteiger partial charge in [-0.2, -0.15) is 5.26 Å². The van der Waals surface area contributed by atoms with Gasteiger partial charge in [-0.1, -0.05) is 0 Å². The Labute approximate surface area is 99.8 Å². The number of nitrogen functional groups attached to an aromatic ring is 1. The summed E-state index contributed by atoms with van der Waals surface area (Å²) < 4.78 is 0. The summed E-state index contributed by atoms with van der Waals surface area (Å²) >= 11 is 0. The summed E-state index contributed by atoms with van der Waals surface area (Å²) in [5.41, 5.74) is 8.16. The van der Waals surface area contributed by atoms with Crippen LogP contribution in [0.4, 0.5) is 11.4 Å². The fourth-order valence-corrected chi connectivity index (χ4v) is 1.89. The lowest BCUT2D eigenvalue weighted by Gasteiger charge is -2.29. The average Bonchev–Trinajstić information content (AvgIpc) is 2.32. The Morgan fingerprint density at radius 1 is 1.53 bits per heavy atom. The zero-order valence-corrected chi connectivity index (χ0v) is 9.44. The number of carbonyl (C=O) groups is 1. The van der Waals surface area contributed by atoms with E-state index in [1.807, 2.05) is 17.0 Å². The lowest BCUT2D eigenvalue weighted by atomic mass is 10.1. The smallest absolute Gasteiger partial charge is 0.239 e. The van der Waals surface area contributed by atoms with Crippen LogP contribution in [0.5, 0.6) is 0 Å². The molecule has 0 unspecified atom stereocenters. The summed E-state index contributed by atoms with van der Waals surface area (Å²) in [4.78, 5) is 13.3. The van der Waals surface area contributed by atoms with Crippen LogP contribution in [0.1, 0.15) is 5.56 Å². The maximum Gasteiger partial charge on any atom is 0.239 e. The SMILES string of the molecule is N#CCc1cc(N2CCNC(=O)C2)ccc1N. The van der Waals surface area contributed by atoms with Crippen LogP contribution in [0.3, 0.4) is 0 Å². The molecule has 1 aromatic rings. The Morgan fingerprint density at radius 2 is 2.35 bits per heavy atom. The molecule has 1 aromatic carbocycles. The number of nitrogens with two attached hydrogens (primary N) is 1. The van der Waals surface area contributed by atoms with Crippen molar-refractivity contribution in [1.29, 1.82) is 5.26 Å². The van der Waals surface area contributed by atoms with Crippen molar-refractivity contribution in [3.05, 3.63) is 23.8 Å². The first-order chi connectivity index (χ1) is 8.20. The number of nitrogens with one attached hydrogen (secondary N) is 1. The summed E-state index contributed by atoms with van der Waals surface area (Å²) in [6.07, 6.45) is 0.291. The second-order valence-electron chi connectivity index (χ2n) is 3.99. The summed E-state index contributed by atoms with van der Waals surface area (Å²) in [7, 11) is 0. The Morgan fingerprint density at radius 3 is 3.06 bits per heavy atom. The molecule has 0 atom stereocenters. The minimum Gasteiger partial charge on any atom is -0.398 e. The zero-order valence-electron chi connectivity index (χ0n) is 9.44. The molecule has 1 saturated heterocycles. The normalized spacial score (nSPS) is 15.2. The van der Waals surface area contributed by atoms with Gasteiger partial charge in [-0.15, -0.1) is 0 Å². The van der Waals surface area contributed by atoms with Gasteiger partial charge in [0.05, 0.1) is 19.0 Å². The summed E-state index contributed by atoms with van der Waals surface area (Å²) in [6, 6.07) is 7.64. The molecule has 0 aliphatic carbocycles. The molecule has 0 radical (unpaired) electrons. The van der Waals surface area contributed by atoms with E-state index in [1.54, 1.807) is 6.07 Å². The van der Waals surface area contributed by atoms with Gasteiger partial charge in [0.1, 0.15) is 0 Å². The second kappa shape index (κ2) is 4.74. The van der Waals surface area contributed by atoms with Gasteiger partial charge in [0.2, 0.25) is 5.91 Å². The van der Waals surface area contributed by atoms with Crippen molar-refractivity contribution < 1.29 is 4.79 Å². The first-order valence-electron chi connectivity index (χ1n) is 5.47. The molecule has 2 rings (SSSR count). The molecule has 1 aliphatic rings. The van der Waals surface area contributed by atoms with Crippen molar-refractivity contribution in [3.63, 3.8) is 0 Å². The quantitative estimate of drug-likeness (QED) is 0.714. The van der Waals surface area contributed by atoms with Crippen molar-refractivity contribution in [2.24, 2.45) is 0 Å². The molecule has 0 bridgehead atoms. The van der Waals surface area contributed by atoms with E-state index in [2.05, 4.69) is 11.4 Å². The molecular weight excluding hydrogens is 216 g/mol. The van der Waals surface area contributed by atoms with Gasteiger partial charge < -0.3 is 16.0 Å². The number of hydrogen-bond acceptors (Lipinski definition) is 4. The number of nitrogens with zero attached hydrogens (tertiary/aromatic N) is 2. The second-order valence-corrected chi connectivity index (χ2v) is 3.99. The van der Waals surface area contributed by atoms with Gasteiger partial charge in [0.15, 0.2) is 0 Å². The number of nitriles is 1. The highest BCUT2D eigenvalue weighted by atomic mass is 16.2. The highest BCUT2D eigenvalue weighted by molar-refractivity contribution is 5.82. The van der Waals surface area contributed by atoms with E-state index in [9.17, 15) is 4.79 Å². The number of carbonyl (C=O) groups excluding carboxylic acids is 1. The zero-order chi connectivity index (χ0) is 12.3. The summed E-state index contributed by atoms with van der Waals surface area (Å²) in [6.45, 7) is 1.79. The summed E-state index contributed by atoms with van der Waals surface area (Å²) in [5, 5.41) is 11.5. The highest BCUT2D eigenvalue weighted by Crippen LogP contribution is 2.22. The van der Waals surface area contributed by atoms with Crippen LogP contribution >= 0.6 is 0 Å².